The zero-order valence-electron chi connectivity index (χ0n) is 14.5. The zero-order chi connectivity index (χ0) is 19.7. The Hall–Kier alpha value is -2.80. The summed E-state index contributed by atoms with van der Waals surface area (Å²) in [5.74, 6) is 0.486. The highest BCUT2D eigenvalue weighted by Crippen LogP contribution is 2.32. The summed E-state index contributed by atoms with van der Waals surface area (Å²) in [5.41, 5.74) is 10.6. The first-order valence-corrected chi connectivity index (χ1v) is 9.54. The Morgan fingerprint density at radius 1 is 0.929 bits per heavy atom. The van der Waals surface area contributed by atoms with E-state index in [2.05, 4.69) is 20.8 Å². The van der Waals surface area contributed by atoms with Gasteiger partial charge in [-0.2, -0.15) is 5.10 Å². The van der Waals surface area contributed by atoms with Gasteiger partial charge in [-0.05, 0) is 59.7 Å². The Balaban J connectivity index is 1.51. The van der Waals surface area contributed by atoms with Gasteiger partial charge in [0, 0.05) is 11.4 Å². The van der Waals surface area contributed by atoms with Gasteiger partial charge in [0.1, 0.15) is 0 Å². The summed E-state index contributed by atoms with van der Waals surface area (Å²) in [4.78, 5) is 0. The average molecular weight is 428 g/mol. The second-order valence-electron chi connectivity index (χ2n) is 6.12. The summed E-state index contributed by atoms with van der Waals surface area (Å²) in [6.07, 6.45) is 0. The number of nitrogens with zero attached hydrogens (tertiary/aromatic N) is 1. The van der Waals surface area contributed by atoms with Gasteiger partial charge in [0.05, 0.1) is 20.9 Å². The number of nitrogens with two attached hydrogens (primary N) is 1. The minimum Gasteiger partial charge on any atom is -0.382 e. The molecule has 0 saturated carbocycles. The number of fused-ring (bicyclic) bond motifs is 1. The molecule has 1 aromatic heterocycles. The predicted molar refractivity (Wildman–Crippen MR) is 122 cm³/mol. The van der Waals surface area contributed by atoms with Crippen molar-refractivity contribution >= 4 is 68.6 Å². The van der Waals surface area contributed by atoms with Gasteiger partial charge < -0.3 is 16.4 Å². The molecular weight excluding hydrogens is 413 g/mol. The van der Waals surface area contributed by atoms with Gasteiger partial charge in [-0.3, -0.25) is 5.10 Å². The van der Waals surface area contributed by atoms with E-state index in [1.807, 2.05) is 42.5 Å². The van der Waals surface area contributed by atoms with Gasteiger partial charge >= 0.3 is 0 Å². The third-order valence-corrected chi connectivity index (χ3v) is 5.19. The standard InChI is InChI=1S/C20H15Cl2N5S/c21-15-9-8-13(10-16(15)22)25-20(28)24-12-6-4-11(5-7-12)14-2-1-3-17-18(14)19(23)27-26-17/h1-10H,(H3,23,26,27)(H2,24,25,28). The van der Waals surface area contributed by atoms with Gasteiger partial charge in [-0.15, -0.1) is 0 Å². The lowest BCUT2D eigenvalue weighted by molar-refractivity contribution is 1.13. The van der Waals surface area contributed by atoms with Crippen molar-refractivity contribution < 1.29 is 0 Å². The summed E-state index contributed by atoms with van der Waals surface area (Å²) in [7, 11) is 0. The van der Waals surface area contributed by atoms with Crippen molar-refractivity contribution in [1.29, 1.82) is 0 Å². The van der Waals surface area contributed by atoms with E-state index < -0.39 is 0 Å². The van der Waals surface area contributed by atoms with Gasteiger partial charge in [0.15, 0.2) is 10.9 Å². The quantitative estimate of drug-likeness (QED) is 0.304. The van der Waals surface area contributed by atoms with E-state index >= 15 is 0 Å². The predicted octanol–water partition coefficient (Wildman–Crippen LogP) is 5.93. The number of hydrogen-bond acceptors (Lipinski definition) is 3. The fraction of sp³-hybridized carbons (Fsp3) is 0. The highest BCUT2D eigenvalue weighted by atomic mass is 35.5. The molecule has 0 saturated heterocycles. The van der Waals surface area contributed by atoms with Crippen LogP contribution < -0.4 is 16.4 Å². The molecule has 8 heteroatoms. The molecule has 0 atom stereocenters. The number of thiocarbonyl (C=S) groups is 1. The van der Waals surface area contributed by atoms with Crippen LogP contribution in [0.25, 0.3) is 22.0 Å². The topological polar surface area (TPSA) is 78.8 Å². The van der Waals surface area contributed by atoms with Crippen molar-refractivity contribution in [2.45, 2.75) is 0 Å². The molecule has 0 aliphatic carbocycles. The summed E-state index contributed by atoms with van der Waals surface area (Å²) in [6, 6.07) is 19.1. The monoisotopic (exact) mass is 427 g/mol. The van der Waals surface area contributed by atoms with Crippen LogP contribution in [0.3, 0.4) is 0 Å². The average Bonchev–Trinajstić information content (AvgIpc) is 3.07. The second kappa shape index (κ2) is 7.67. The molecule has 0 amide bonds. The van der Waals surface area contributed by atoms with Crippen LogP contribution in [0.15, 0.2) is 60.7 Å². The fourth-order valence-electron chi connectivity index (χ4n) is 2.94. The normalized spacial score (nSPS) is 10.8. The molecule has 0 radical (unpaired) electrons. The maximum absolute atomic E-state index is 6.03. The maximum atomic E-state index is 6.03. The largest absolute Gasteiger partial charge is 0.382 e. The van der Waals surface area contributed by atoms with E-state index in [1.54, 1.807) is 18.2 Å². The van der Waals surface area contributed by atoms with E-state index in [1.165, 1.54) is 0 Å². The van der Waals surface area contributed by atoms with E-state index in [0.717, 1.165) is 33.4 Å². The van der Waals surface area contributed by atoms with Crippen LogP contribution in [0, 0.1) is 0 Å². The Labute approximate surface area is 176 Å². The molecule has 1 heterocycles. The number of nitrogens with one attached hydrogen (secondary N) is 3. The number of rotatable bonds is 3. The molecule has 4 aromatic rings. The van der Waals surface area contributed by atoms with Gasteiger partial charge in [-0.25, -0.2) is 0 Å². The number of halogens is 2. The molecular formula is C20H15Cl2N5S. The molecule has 3 aromatic carbocycles. The summed E-state index contributed by atoms with van der Waals surface area (Å²) in [6.45, 7) is 0. The third-order valence-electron chi connectivity index (χ3n) is 4.25. The number of benzene rings is 3. The molecule has 5 nitrogen and oxygen atoms in total. The molecule has 5 N–H and O–H groups in total. The van der Waals surface area contributed by atoms with Crippen molar-refractivity contribution in [3.05, 3.63) is 70.7 Å². The van der Waals surface area contributed by atoms with Gasteiger partial charge in [0.2, 0.25) is 0 Å². The Bertz CT molecular complexity index is 1170. The van der Waals surface area contributed by atoms with Gasteiger partial charge in [0.25, 0.3) is 0 Å². The SMILES string of the molecule is Nc1n[nH]c2cccc(-c3ccc(NC(=S)Nc4ccc(Cl)c(Cl)c4)cc3)c12. The van der Waals surface area contributed by atoms with Crippen LogP contribution in [0.1, 0.15) is 0 Å². The van der Waals surface area contributed by atoms with Crippen LogP contribution in [-0.4, -0.2) is 15.3 Å². The second-order valence-corrected chi connectivity index (χ2v) is 7.34. The fourth-order valence-corrected chi connectivity index (χ4v) is 3.47. The molecule has 0 spiro atoms. The Morgan fingerprint density at radius 2 is 1.64 bits per heavy atom. The highest BCUT2D eigenvalue weighted by Gasteiger charge is 2.09. The lowest BCUT2D eigenvalue weighted by Gasteiger charge is -2.12. The molecule has 0 aliphatic heterocycles. The van der Waals surface area contributed by atoms with Gasteiger partial charge in [-0.1, -0.05) is 47.5 Å². The van der Waals surface area contributed by atoms with Crippen molar-refractivity contribution in [3.63, 3.8) is 0 Å². The first-order valence-electron chi connectivity index (χ1n) is 8.37. The third kappa shape index (κ3) is 3.75. The molecule has 0 bridgehead atoms. The van der Waals surface area contributed by atoms with Crippen LogP contribution >= 0.6 is 35.4 Å². The smallest absolute Gasteiger partial charge is 0.175 e. The minimum atomic E-state index is 0.451. The van der Waals surface area contributed by atoms with E-state index in [-0.39, 0.29) is 0 Å². The number of H-pyrrole nitrogens is 1. The van der Waals surface area contributed by atoms with Crippen molar-refractivity contribution in [2.24, 2.45) is 0 Å². The van der Waals surface area contributed by atoms with E-state index in [0.29, 0.717) is 21.0 Å². The number of nitrogen functional groups attached to an aromatic ring is 1. The van der Waals surface area contributed by atoms with Crippen molar-refractivity contribution in [1.82, 2.24) is 10.2 Å². The lowest BCUT2D eigenvalue weighted by Crippen LogP contribution is -2.18. The molecule has 28 heavy (non-hydrogen) atoms. The van der Waals surface area contributed by atoms with Crippen LogP contribution in [-0.2, 0) is 0 Å². The first kappa shape index (κ1) is 18.6. The minimum absolute atomic E-state index is 0.451. The molecule has 0 unspecified atom stereocenters. The van der Waals surface area contributed by atoms with Crippen molar-refractivity contribution in [3.8, 4) is 11.1 Å². The first-order chi connectivity index (χ1) is 13.5. The summed E-state index contributed by atoms with van der Waals surface area (Å²) < 4.78 is 0. The summed E-state index contributed by atoms with van der Waals surface area (Å²) >= 11 is 17.3. The maximum Gasteiger partial charge on any atom is 0.175 e. The van der Waals surface area contributed by atoms with E-state index in [9.17, 15) is 0 Å². The van der Waals surface area contributed by atoms with Crippen molar-refractivity contribution in [2.75, 3.05) is 16.4 Å². The number of aromatic amines is 1. The number of hydrogen-bond donors (Lipinski definition) is 4. The summed E-state index contributed by atoms with van der Waals surface area (Å²) in [5, 5.41) is 15.6. The van der Waals surface area contributed by atoms with Crippen LogP contribution in [0.5, 0.6) is 0 Å². The number of anilines is 3. The van der Waals surface area contributed by atoms with Crippen LogP contribution in [0.2, 0.25) is 10.0 Å². The van der Waals surface area contributed by atoms with E-state index in [4.69, 9.17) is 41.2 Å². The molecule has 0 aliphatic rings. The molecule has 0 fully saturated rings. The Kier molecular flexibility index (Phi) is 5.09. The molecule has 140 valence electrons. The van der Waals surface area contributed by atoms with Crippen LogP contribution in [0.4, 0.5) is 17.2 Å². The zero-order valence-corrected chi connectivity index (χ0v) is 16.8. The molecule has 4 rings (SSSR count). The highest BCUT2D eigenvalue weighted by molar-refractivity contribution is 7.80. The number of aromatic nitrogens is 2. The lowest BCUT2D eigenvalue weighted by atomic mass is 10.0. The Morgan fingerprint density at radius 3 is 2.39 bits per heavy atom.